The normalized spacial score (nSPS) is 19.5. The summed E-state index contributed by atoms with van der Waals surface area (Å²) in [5.41, 5.74) is 0.638. The number of carbonyl (C=O) groups excluding carboxylic acids is 2. The molecule has 1 heterocycles. The first-order valence-electron chi connectivity index (χ1n) is 12.6. The van der Waals surface area contributed by atoms with Gasteiger partial charge < -0.3 is 25.0 Å². The van der Waals surface area contributed by atoms with Crippen molar-refractivity contribution in [3.05, 3.63) is 47.5 Å². The summed E-state index contributed by atoms with van der Waals surface area (Å²) >= 11 is 0. The number of amides is 2. The average molecular weight is 536 g/mol. The van der Waals surface area contributed by atoms with Crippen LogP contribution in [0.3, 0.4) is 0 Å². The molecule has 0 radical (unpaired) electrons. The van der Waals surface area contributed by atoms with Crippen molar-refractivity contribution < 1.29 is 37.5 Å². The molecule has 4 N–H and O–H groups in total. The van der Waals surface area contributed by atoms with Gasteiger partial charge in [-0.3, -0.25) is 14.9 Å². The molecule has 38 heavy (non-hydrogen) atoms. The summed E-state index contributed by atoms with van der Waals surface area (Å²) in [4.78, 5) is 27.4. The third kappa shape index (κ3) is 9.43. The molecule has 2 aliphatic rings. The monoisotopic (exact) mass is 536 g/mol. The number of hydrogen-bond acceptors (Lipinski definition) is 7. The summed E-state index contributed by atoms with van der Waals surface area (Å²) in [7, 11) is -1.75. The summed E-state index contributed by atoms with van der Waals surface area (Å²) in [5, 5.41) is 33.0. The third-order valence-corrected chi connectivity index (χ3v) is 6.44. The second-order valence-electron chi connectivity index (χ2n) is 9.60. The van der Waals surface area contributed by atoms with Gasteiger partial charge in [-0.2, -0.15) is 18.4 Å². The molecule has 0 aromatic heterocycles. The Morgan fingerprint density at radius 2 is 1.95 bits per heavy atom. The van der Waals surface area contributed by atoms with Crippen LogP contribution < -0.4 is 10.6 Å². The largest absolute Gasteiger partial charge is 0.453 e. The predicted molar refractivity (Wildman–Crippen MR) is 132 cm³/mol. The first kappa shape index (κ1) is 29.6. The SMILES string of the molecule is N#CC(=CC1CC1)C(=O)N1CCC[C@@H]1COC[C@H](NCC(F)(F)F)C(=O)N[C@H](CB(O)O)c1ccccc1. The molecule has 1 saturated heterocycles. The van der Waals surface area contributed by atoms with Gasteiger partial charge in [-0.15, -0.1) is 0 Å². The standard InChI is InChI=1S/C25H32BF3N4O5/c27-25(28,29)16-31-22(23(34)32-21(12-26(36)37)18-5-2-1-3-6-18)15-38-14-20-7-4-10-33(20)24(35)19(13-30)11-17-8-9-17/h1-3,5-6,11,17,20-22,31,36-37H,4,7-10,12,14-16H2,(H,32,34)/t20-,21-,22+/m1/s1. The lowest BCUT2D eigenvalue weighted by molar-refractivity contribution is -0.135. The molecule has 0 unspecified atom stereocenters. The second kappa shape index (κ2) is 13.8. The van der Waals surface area contributed by atoms with E-state index in [1.54, 1.807) is 41.3 Å². The smallest absolute Gasteiger partial charge is 0.427 e. The zero-order valence-corrected chi connectivity index (χ0v) is 20.9. The van der Waals surface area contributed by atoms with E-state index in [-0.39, 0.29) is 36.4 Å². The van der Waals surface area contributed by atoms with Crippen LogP contribution in [0.4, 0.5) is 13.2 Å². The highest BCUT2D eigenvalue weighted by Crippen LogP contribution is 2.32. The number of nitrogens with zero attached hydrogens (tertiary/aromatic N) is 2. The lowest BCUT2D eigenvalue weighted by Crippen LogP contribution is -2.51. The first-order valence-corrected chi connectivity index (χ1v) is 12.6. The molecule has 1 aliphatic carbocycles. The number of nitrogens with one attached hydrogen (secondary N) is 2. The lowest BCUT2D eigenvalue weighted by atomic mass is 9.79. The van der Waals surface area contributed by atoms with Crippen LogP contribution in [0.2, 0.25) is 6.32 Å². The number of hydrogen-bond donors (Lipinski definition) is 4. The van der Waals surface area contributed by atoms with Gasteiger partial charge >= 0.3 is 13.3 Å². The first-order chi connectivity index (χ1) is 18.1. The van der Waals surface area contributed by atoms with Gasteiger partial charge in [0, 0.05) is 12.9 Å². The van der Waals surface area contributed by atoms with Crippen LogP contribution in [0.5, 0.6) is 0 Å². The Hall–Kier alpha value is -2.92. The summed E-state index contributed by atoms with van der Waals surface area (Å²) in [6.07, 6.45) is 0.0356. The van der Waals surface area contributed by atoms with E-state index in [0.717, 1.165) is 12.8 Å². The maximum Gasteiger partial charge on any atom is 0.453 e. The minimum atomic E-state index is -4.57. The number of alkyl halides is 3. The van der Waals surface area contributed by atoms with Crippen molar-refractivity contribution in [2.45, 2.75) is 56.3 Å². The number of halogens is 3. The number of ether oxygens (including phenoxy) is 1. The molecule has 1 aromatic rings. The van der Waals surface area contributed by atoms with Crippen LogP contribution in [0.1, 0.15) is 37.3 Å². The zero-order chi connectivity index (χ0) is 27.7. The molecule has 13 heteroatoms. The predicted octanol–water partition coefficient (Wildman–Crippen LogP) is 1.70. The Labute approximate surface area is 219 Å². The number of nitriles is 1. The molecule has 1 saturated carbocycles. The Morgan fingerprint density at radius 1 is 1.24 bits per heavy atom. The average Bonchev–Trinajstić information content (AvgIpc) is 3.57. The molecule has 2 fully saturated rings. The number of benzene rings is 1. The second-order valence-corrected chi connectivity index (χ2v) is 9.60. The van der Waals surface area contributed by atoms with Gasteiger partial charge in [0.25, 0.3) is 5.91 Å². The molecule has 2 amide bonds. The molecule has 1 aromatic carbocycles. The van der Waals surface area contributed by atoms with Crippen LogP contribution in [0.25, 0.3) is 0 Å². The molecule has 3 rings (SSSR count). The Balaban J connectivity index is 1.63. The van der Waals surface area contributed by atoms with Gasteiger partial charge in [0.05, 0.1) is 31.8 Å². The summed E-state index contributed by atoms with van der Waals surface area (Å²) in [6.45, 7) is -1.41. The van der Waals surface area contributed by atoms with E-state index in [1.807, 2.05) is 6.07 Å². The highest BCUT2D eigenvalue weighted by molar-refractivity contribution is 6.41. The van der Waals surface area contributed by atoms with Crippen molar-refractivity contribution in [2.75, 3.05) is 26.3 Å². The van der Waals surface area contributed by atoms with Crippen molar-refractivity contribution in [1.29, 1.82) is 5.26 Å². The Morgan fingerprint density at radius 3 is 2.55 bits per heavy atom. The molecular weight excluding hydrogens is 504 g/mol. The maximum absolute atomic E-state index is 13.0. The molecule has 1 aliphatic heterocycles. The lowest BCUT2D eigenvalue weighted by Gasteiger charge is -2.27. The van der Waals surface area contributed by atoms with Crippen molar-refractivity contribution in [3.63, 3.8) is 0 Å². The number of likely N-dealkylation sites (tertiary alicyclic amines) is 1. The van der Waals surface area contributed by atoms with Crippen LogP contribution in [0.15, 0.2) is 42.0 Å². The molecule has 0 bridgehead atoms. The van der Waals surface area contributed by atoms with E-state index in [2.05, 4.69) is 10.6 Å². The summed E-state index contributed by atoms with van der Waals surface area (Å²) in [6, 6.07) is 7.75. The Bertz CT molecular complexity index is 1010. The number of allylic oxidation sites excluding steroid dienone is 1. The molecule has 9 nitrogen and oxygen atoms in total. The van der Waals surface area contributed by atoms with E-state index in [0.29, 0.717) is 24.9 Å². The fourth-order valence-electron chi connectivity index (χ4n) is 4.32. The third-order valence-electron chi connectivity index (χ3n) is 6.44. The molecule has 206 valence electrons. The molecular formula is C25H32BF3N4O5. The summed E-state index contributed by atoms with van der Waals surface area (Å²) in [5.74, 6) is -0.943. The number of carbonyl (C=O) groups is 2. The van der Waals surface area contributed by atoms with E-state index in [1.165, 1.54) is 0 Å². The minimum absolute atomic E-state index is 0.0111. The highest BCUT2D eigenvalue weighted by atomic mass is 19.4. The topological polar surface area (TPSA) is 135 Å². The van der Waals surface area contributed by atoms with Crippen LogP contribution in [-0.2, 0) is 14.3 Å². The van der Waals surface area contributed by atoms with E-state index < -0.39 is 44.4 Å². The van der Waals surface area contributed by atoms with Crippen molar-refractivity contribution in [1.82, 2.24) is 15.5 Å². The molecule has 3 atom stereocenters. The zero-order valence-electron chi connectivity index (χ0n) is 20.9. The van der Waals surface area contributed by atoms with Gasteiger partial charge in [0.15, 0.2) is 0 Å². The van der Waals surface area contributed by atoms with Crippen molar-refractivity contribution in [2.24, 2.45) is 5.92 Å². The fourth-order valence-corrected chi connectivity index (χ4v) is 4.32. The van der Waals surface area contributed by atoms with Crippen LogP contribution in [-0.4, -0.2) is 78.4 Å². The van der Waals surface area contributed by atoms with Crippen molar-refractivity contribution >= 4 is 18.9 Å². The van der Waals surface area contributed by atoms with E-state index in [4.69, 9.17) is 4.74 Å². The van der Waals surface area contributed by atoms with Crippen molar-refractivity contribution in [3.8, 4) is 6.07 Å². The van der Waals surface area contributed by atoms with E-state index in [9.17, 15) is 38.1 Å². The van der Waals surface area contributed by atoms with Crippen LogP contribution in [0, 0.1) is 17.2 Å². The van der Waals surface area contributed by atoms with Gasteiger partial charge in [0.2, 0.25) is 5.91 Å². The quantitative estimate of drug-likeness (QED) is 0.171. The fraction of sp³-hybridized carbons (Fsp3) is 0.560. The Kier molecular flexibility index (Phi) is 10.7. The number of rotatable bonds is 13. The highest BCUT2D eigenvalue weighted by Gasteiger charge is 2.34. The van der Waals surface area contributed by atoms with Crippen LogP contribution >= 0.6 is 0 Å². The van der Waals surface area contributed by atoms with Gasteiger partial charge in [-0.25, -0.2) is 0 Å². The van der Waals surface area contributed by atoms with Gasteiger partial charge in [-0.05, 0) is 37.2 Å². The summed E-state index contributed by atoms with van der Waals surface area (Å²) < 4.78 is 44.4. The van der Waals surface area contributed by atoms with E-state index >= 15 is 0 Å². The van der Waals surface area contributed by atoms with Gasteiger partial charge in [0.1, 0.15) is 17.7 Å². The molecule has 0 spiro atoms. The van der Waals surface area contributed by atoms with Gasteiger partial charge in [-0.1, -0.05) is 36.4 Å². The minimum Gasteiger partial charge on any atom is -0.427 e. The maximum atomic E-state index is 13.0.